The molecule has 112 valence electrons. The van der Waals surface area contributed by atoms with Crippen LogP contribution in [-0.4, -0.2) is 40.5 Å². The van der Waals surface area contributed by atoms with E-state index in [0.717, 1.165) is 5.56 Å². The molecule has 0 unspecified atom stereocenters. The van der Waals surface area contributed by atoms with Gasteiger partial charge in [-0.1, -0.05) is 6.07 Å². The van der Waals surface area contributed by atoms with Gasteiger partial charge in [-0.2, -0.15) is 0 Å². The van der Waals surface area contributed by atoms with Gasteiger partial charge in [-0.15, -0.1) is 0 Å². The Morgan fingerprint density at radius 2 is 1.75 bits per heavy atom. The van der Waals surface area contributed by atoms with Gasteiger partial charge in [-0.05, 0) is 13.0 Å². The topological polar surface area (TPSA) is 66.0 Å². The van der Waals surface area contributed by atoms with Crippen LogP contribution in [0.25, 0.3) is 0 Å². The number of nitrogens with one attached hydrogen (secondary N) is 1. The fourth-order valence-electron chi connectivity index (χ4n) is 1.83. The minimum absolute atomic E-state index is 0.315. The van der Waals surface area contributed by atoms with Gasteiger partial charge in [0.15, 0.2) is 11.5 Å². The molecule has 0 aromatic heterocycles. The lowest BCUT2D eigenvalue weighted by atomic mass is 10.1. The Labute approximate surface area is 119 Å². The van der Waals surface area contributed by atoms with Gasteiger partial charge in [0.1, 0.15) is 6.04 Å². The van der Waals surface area contributed by atoms with Crippen LogP contribution >= 0.6 is 0 Å². The number of hydrogen-bond donors (Lipinski definition) is 1. The quantitative estimate of drug-likeness (QED) is 0.762. The van der Waals surface area contributed by atoms with Gasteiger partial charge in [0.05, 0.1) is 28.4 Å². The number of rotatable bonds is 7. The molecule has 1 N–H and O–H groups in total. The van der Waals surface area contributed by atoms with Gasteiger partial charge in [0.25, 0.3) is 0 Å². The summed E-state index contributed by atoms with van der Waals surface area (Å²) in [6, 6.07) is 3.25. The molecule has 1 aromatic carbocycles. The Morgan fingerprint density at radius 1 is 1.10 bits per heavy atom. The van der Waals surface area contributed by atoms with E-state index in [1.165, 1.54) is 7.11 Å². The predicted molar refractivity (Wildman–Crippen MR) is 74.4 cm³/mol. The zero-order valence-corrected chi connectivity index (χ0v) is 12.5. The fourth-order valence-corrected chi connectivity index (χ4v) is 1.83. The molecule has 0 aliphatic heterocycles. The van der Waals surface area contributed by atoms with Crippen molar-refractivity contribution in [3.63, 3.8) is 0 Å². The average molecular weight is 283 g/mol. The third kappa shape index (κ3) is 3.54. The highest BCUT2D eigenvalue weighted by molar-refractivity contribution is 5.75. The zero-order chi connectivity index (χ0) is 15.1. The Morgan fingerprint density at radius 3 is 2.25 bits per heavy atom. The molecule has 1 atom stereocenters. The maximum atomic E-state index is 11.4. The van der Waals surface area contributed by atoms with E-state index in [1.807, 2.05) is 6.07 Å². The first-order valence-corrected chi connectivity index (χ1v) is 6.18. The Balaban J connectivity index is 2.93. The molecule has 0 aliphatic rings. The van der Waals surface area contributed by atoms with Crippen molar-refractivity contribution >= 4 is 5.97 Å². The molecule has 0 radical (unpaired) electrons. The number of benzene rings is 1. The van der Waals surface area contributed by atoms with E-state index >= 15 is 0 Å². The van der Waals surface area contributed by atoms with Crippen molar-refractivity contribution in [2.24, 2.45) is 0 Å². The molecule has 20 heavy (non-hydrogen) atoms. The molecule has 0 saturated carbocycles. The third-order valence-corrected chi connectivity index (χ3v) is 2.94. The Bertz CT molecular complexity index is 461. The van der Waals surface area contributed by atoms with Crippen molar-refractivity contribution in [3.8, 4) is 17.2 Å². The Hall–Kier alpha value is -1.95. The highest BCUT2D eigenvalue weighted by Gasteiger charge is 2.17. The Kier molecular flexibility index (Phi) is 6.11. The number of ether oxygens (including phenoxy) is 4. The summed E-state index contributed by atoms with van der Waals surface area (Å²) in [6.07, 6.45) is 0. The van der Waals surface area contributed by atoms with E-state index in [1.54, 1.807) is 34.3 Å². The summed E-state index contributed by atoms with van der Waals surface area (Å²) in [6.45, 7) is 2.18. The first kappa shape index (κ1) is 16.1. The predicted octanol–water partition coefficient (Wildman–Crippen LogP) is 1.36. The van der Waals surface area contributed by atoms with Crippen molar-refractivity contribution in [2.75, 3.05) is 28.4 Å². The molecule has 0 aliphatic carbocycles. The summed E-state index contributed by atoms with van der Waals surface area (Å²) in [5.41, 5.74) is 0.862. The van der Waals surface area contributed by atoms with Crippen LogP contribution in [0.1, 0.15) is 12.5 Å². The largest absolute Gasteiger partial charge is 0.493 e. The number of carbonyl (C=O) groups is 1. The summed E-state index contributed by atoms with van der Waals surface area (Å²) in [5, 5.41) is 3.06. The van der Waals surface area contributed by atoms with Crippen molar-refractivity contribution < 1.29 is 23.7 Å². The first-order valence-electron chi connectivity index (χ1n) is 6.18. The minimum atomic E-state index is -0.405. The number of methoxy groups -OCH3 is 4. The smallest absolute Gasteiger partial charge is 0.322 e. The number of carbonyl (C=O) groups excluding carboxylic acids is 1. The molecule has 0 saturated heterocycles. The van der Waals surface area contributed by atoms with Gasteiger partial charge in [0.2, 0.25) is 5.75 Å². The normalized spacial score (nSPS) is 11.7. The fraction of sp³-hybridized carbons (Fsp3) is 0.500. The maximum Gasteiger partial charge on any atom is 0.322 e. The molecule has 0 fully saturated rings. The van der Waals surface area contributed by atoms with E-state index in [-0.39, 0.29) is 5.97 Å². The molecule has 6 nitrogen and oxygen atoms in total. The van der Waals surface area contributed by atoms with E-state index in [2.05, 4.69) is 10.1 Å². The van der Waals surface area contributed by atoms with Crippen molar-refractivity contribution in [1.29, 1.82) is 0 Å². The summed E-state index contributed by atoms with van der Waals surface area (Å²) >= 11 is 0. The number of esters is 1. The van der Waals surface area contributed by atoms with Crippen molar-refractivity contribution in [1.82, 2.24) is 5.32 Å². The second-order valence-corrected chi connectivity index (χ2v) is 4.12. The van der Waals surface area contributed by atoms with Crippen LogP contribution in [0.4, 0.5) is 0 Å². The second-order valence-electron chi connectivity index (χ2n) is 4.12. The standard InChI is InChI=1S/C14H21NO5/c1-9(14(16)20-5)15-8-10-6-7-11(17-2)13(19-4)12(10)18-3/h6-7,9,15H,8H2,1-5H3/t9-/m0/s1. The zero-order valence-electron chi connectivity index (χ0n) is 12.5. The van der Waals surface area contributed by atoms with Gasteiger partial charge in [0, 0.05) is 12.1 Å². The van der Waals surface area contributed by atoms with Crippen LogP contribution in [-0.2, 0) is 16.1 Å². The van der Waals surface area contributed by atoms with Crippen LogP contribution in [0.3, 0.4) is 0 Å². The van der Waals surface area contributed by atoms with Crippen LogP contribution in [0.5, 0.6) is 17.2 Å². The molecule has 1 aromatic rings. The van der Waals surface area contributed by atoms with Crippen LogP contribution in [0.15, 0.2) is 12.1 Å². The molecule has 6 heteroatoms. The highest BCUT2D eigenvalue weighted by atomic mass is 16.5. The van der Waals surface area contributed by atoms with E-state index in [4.69, 9.17) is 14.2 Å². The molecule has 0 heterocycles. The lowest BCUT2D eigenvalue weighted by molar-refractivity contribution is -0.142. The van der Waals surface area contributed by atoms with E-state index in [0.29, 0.717) is 23.8 Å². The average Bonchev–Trinajstić information content (AvgIpc) is 2.50. The lowest BCUT2D eigenvalue weighted by Crippen LogP contribution is -2.34. The van der Waals surface area contributed by atoms with E-state index in [9.17, 15) is 4.79 Å². The van der Waals surface area contributed by atoms with Gasteiger partial charge < -0.3 is 24.3 Å². The highest BCUT2D eigenvalue weighted by Crippen LogP contribution is 2.39. The van der Waals surface area contributed by atoms with Gasteiger partial charge in [-0.25, -0.2) is 0 Å². The van der Waals surface area contributed by atoms with Crippen LogP contribution in [0.2, 0.25) is 0 Å². The summed E-state index contributed by atoms with van der Waals surface area (Å²) in [7, 11) is 6.03. The van der Waals surface area contributed by atoms with Crippen LogP contribution < -0.4 is 19.5 Å². The monoisotopic (exact) mass is 283 g/mol. The number of hydrogen-bond acceptors (Lipinski definition) is 6. The summed E-state index contributed by atoms with van der Waals surface area (Å²) in [4.78, 5) is 11.4. The maximum absolute atomic E-state index is 11.4. The van der Waals surface area contributed by atoms with Gasteiger partial charge >= 0.3 is 5.97 Å². The SMILES string of the molecule is COC(=O)[C@H](C)NCc1ccc(OC)c(OC)c1OC. The molecule has 0 bridgehead atoms. The summed E-state index contributed by atoms with van der Waals surface area (Å²) in [5.74, 6) is 1.38. The minimum Gasteiger partial charge on any atom is -0.493 e. The third-order valence-electron chi connectivity index (χ3n) is 2.94. The summed E-state index contributed by atoms with van der Waals surface area (Å²) < 4.78 is 20.5. The van der Waals surface area contributed by atoms with Crippen LogP contribution in [0, 0.1) is 0 Å². The van der Waals surface area contributed by atoms with Gasteiger partial charge in [-0.3, -0.25) is 4.79 Å². The molecular weight excluding hydrogens is 262 g/mol. The second kappa shape index (κ2) is 7.59. The first-order chi connectivity index (χ1) is 9.58. The van der Waals surface area contributed by atoms with E-state index < -0.39 is 6.04 Å². The molecular formula is C14H21NO5. The molecule has 0 amide bonds. The molecule has 1 rings (SSSR count). The molecule has 0 spiro atoms. The van der Waals surface area contributed by atoms with Crippen molar-refractivity contribution in [2.45, 2.75) is 19.5 Å². The lowest BCUT2D eigenvalue weighted by Gasteiger charge is -2.17. The van der Waals surface area contributed by atoms with Crippen molar-refractivity contribution in [3.05, 3.63) is 17.7 Å².